The lowest BCUT2D eigenvalue weighted by molar-refractivity contribution is -0.0250. The third-order valence-corrected chi connectivity index (χ3v) is 5.04. The number of hydrogen-bond acceptors (Lipinski definition) is 2. The zero-order valence-electron chi connectivity index (χ0n) is 14.6. The smallest absolute Gasteiger partial charge is 0.191 e. The number of benzene rings is 1. The van der Waals surface area contributed by atoms with E-state index in [2.05, 4.69) is 42.2 Å². The summed E-state index contributed by atoms with van der Waals surface area (Å²) in [7, 11) is 0. The molecule has 134 valence electrons. The Morgan fingerprint density at radius 1 is 1.25 bits per heavy atom. The Balaban J connectivity index is 0.00000208. The predicted molar refractivity (Wildman–Crippen MR) is 110 cm³/mol. The average Bonchev–Trinajstić information content (AvgIpc) is 2.60. The van der Waals surface area contributed by atoms with Crippen molar-refractivity contribution in [3.63, 3.8) is 0 Å². The Bertz CT molecular complexity index is 523. The quantitative estimate of drug-likeness (QED) is 0.439. The van der Waals surface area contributed by atoms with Crippen LogP contribution in [0.3, 0.4) is 0 Å². The van der Waals surface area contributed by atoms with E-state index in [1.807, 2.05) is 0 Å². The van der Waals surface area contributed by atoms with E-state index in [-0.39, 0.29) is 30.1 Å². The van der Waals surface area contributed by atoms with Crippen LogP contribution in [0.5, 0.6) is 0 Å². The van der Waals surface area contributed by atoms with E-state index < -0.39 is 0 Å². The largest absolute Gasteiger partial charge is 0.373 e. The standard InChI is InChI=1S/C19H29N3O.HI/c1-15-7-5-11-22(14-15)19(20)21-13-17-10-6-12-23-18(17)16-8-3-2-4-9-16;/h2-4,8-9,15,17-18H,5-7,10-14H2,1H3,(H2,20,21);1H. The van der Waals surface area contributed by atoms with Gasteiger partial charge in [0.2, 0.25) is 0 Å². The summed E-state index contributed by atoms with van der Waals surface area (Å²) in [5.74, 6) is 1.86. The van der Waals surface area contributed by atoms with Crippen molar-refractivity contribution in [3.8, 4) is 0 Å². The van der Waals surface area contributed by atoms with Gasteiger partial charge in [-0.15, -0.1) is 24.0 Å². The number of nitrogens with two attached hydrogens (primary N) is 1. The lowest BCUT2D eigenvalue weighted by Gasteiger charge is -2.33. The van der Waals surface area contributed by atoms with E-state index in [0.29, 0.717) is 17.8 Å². The zero-order chi connectivity index (χ0) is 16.1. The summed E-state index contributed by atoms with van der Waals surface area (Å²) in [6.45, 7) is 5.98. The van der Waals surface area contributed by atoms with Crippen LogP contribution in [0.15, 0.2) is 35.3 Å². The molecule has 0 amide bonds. The average molecular weight is 443 g/mol. The number of guanidine groups is 1. The highest BCUT2D eigenvalue weighted by Crippen LogP contribution is 2.33. The first kappa shape index (κ1) is 19.5. The highest BCUT2D eigenvalue weighted by Gasteiger charge is 2.27. The molecule has 1 aromatic carbocycles. The molecule has 0 spiro atoms. The van der Waals surface area contributed by atoms with Crippen molar-refractivity contribution < 1.29 is 4.74 Å². The van der Waals surface area contributed by atoms with Gasteiger partial charge >= 0.3 is 0 Å². The van der Waals surface area contributed by atoms with Crippen LogP contribution in [0.25, 0.3) is 0 Å². The number of hydrogen-bond donors (Lipinski definition) is 1. The lowest BCUT2D eigenvalue weighted by atomic mass is 9.89. The van der Waals surface area contributed by atoms with Gasteiger partial charge in [-0.2, -0.15) is 0 Å². The van der Waals surface area contributed by atoms with Gasteiger partial charge in [0, 0.05) is 32.2 Å². The number of piperidine rings is 1. The maximum absolute atomic E-state index is 6.25. The third kappa shape index (κ3) is 5.09. The molecule has 0 radical (unpaired) electrons. The van der Waals surface area contributed by atoms with E-state index in [9.17, 15) is 0 Å². The normalized spacial score (nSPS) is 28.3. The first-order valence-corrected chi connectivity index (χ1v) is 8.95. The van der Waals surface area contributed by atoms with Gasteiger partial charge < -0.3 is 15.4 Å². The number of aliphatic imine (C=N–C) groups is 1. The number of ether oxygens (including phenoxy) is 1. The van der Waals surface area contributed by atoms with Crippen molar-refractivity contribution in [1.29, 1.82) is 0 Å². The molecule has 0 bridgehead atoms. The monoisotopic (exact) mass is 443 g/mol. The molecular formula is C19H30IN3O. The van der Waals surface area contributed by atoms with Crippen LogP contribution >= 0.6 is 24.0 Å². The maximum atomic E-state index is 6.25. The van der Waals surface area contributed by atoms with Crippen LogP contribution in [-0.2, 0) is 4.74 Å². The summed E-state index contributed by atoms with van der Waals surface area (Å²) < 4.78 is 6.05. The van der Waals surface area contributed by atoms with Gasteiger partial charge in [0.25, 0.3) is 0 Å². The molecule has 1 aromatic rings. The molecule has 2 fully saturated rings. The second-order valence-corrected chi connectivity index (χ2v) is 7.00. The van der Waals surface area contributed by atoms with Crippen molar-refractivity contribution >= 4 is 29.9 Å². The highest BCUT2D eigenvalue weighted by atomic mass is 127. The number of rotatable bonds is 3. The Morgan fingerprint density at radius 2 is 2.04 bits per heavy atom. The summed E-state index contributed by atoms with van der Waals surface area (Å²) >= 11 is 0. The minimum Gasteiger partial charge on any atom is -0.373 e. The molecule has 3 unspecified atom stereocenters. The highest BCUT2D eigenvalue weighted by molar-refractivity contribution is 14.0. The molecule has 0 saturated carbocycles. The second-order valence-electron chi connectivity index (χ2n) is 7.00. The van der Waals surface area contributed by atoms with Crippen LogP contribution in [0, 0.1) is 11.8 Å². The molecule has 3 atom stereocenters. The molecule has 2 saturated heterocycles. The Kier molecular flexibility index (Phi) is 7.81. The number of halogens is 1. The fourth-order valence-electron chi connectivity index (χ4n) is 3.75. The van der Waals surface area contributed by atoms with Gasteiger partial charge in [0.15, 0.2) is 5.96 Å². The topological polar surface area (TPSA) is 50.8 Å². The van der Waals surface area contributed by atoms with Gasteiger partial charge in [-0.05, 0) is 37.2 Å². The predicted octanol–water partition coefficient (Wildman–Crippen LogP) is 3.82. The van der Waals surface area contributed by atoms with Crippen LogP contribution in [0.2, 0.25) is 0 Å². The molecular weight excluding hydrogens is 413 g/mol. The molecule has 2 heterocycles. The van der Waals surface area contributed by atoms with E-state index in [1.165, 1.54) is 18.4 Å². The van der Waals surface area contributed by atoms with Crippen molar-refractivity contribution in [2.45, 2.75) is 38.7 Å². The van der Waals surface area contributed by atoms with Gasteiger partial charge in [0.1, 0.15) is 0 Å². The van der Waals surface area contributed by atoms with Crippen molar-refractivity contribution in [1.82, 2.24) is 4.90 Å². The number of nitrogens with zero attached hydrogens (tertiary/aromatic N) is 2. The SMILES string of the molecule is CC1CCCN(C(N)=NCC2CCCOC2c2ccccc2)C1.I. The molecule has 3 rings (SSSR count). The molecule has 5 heteroatoms. The molecule has 2 aliphatic rings. The fourth-order valence-corrected chi connectivity index (χ4v) is 3.75. The first-order valence-electron chi connectivity index (χ1n) is 8.95. The molecule has 0 aromatic heterocycles. The van der Waals surface area contributed by atoms with Crippen LogP contribution in [0.4, 0.5) is 0 Å². The van der Waals surface area contributed by atoms with Crippen molar-refractivity contribution in [2.75, 3.05) is 26.2 Å². The Labute approximate surface area is 162 Å². The van der Waals surface area contributed by atoms with Crippen LogP contribution < -0.4 is 5.73 Å². The maximum Gasteiger partial charge on any atom is 0.191 e. The minimum atomic E-state index is 0. The van der Waals surface area contributed by atoms with E-state index in [1.54, 1.807) is 0 Å². The number of likely N-dealkylation sites (tertiary alicyclic amines) is 1. The van der Waals surface area contributed by atoms with E-state index in [4.69, 9.17) is 15.5 Å². The molecule has 24 heavy (non-hydrogen) atoms. The van der Waals surface area contributed by atoms with Gasteiger partial charge in [0.05, 0.1) is 6.10 Å². The fraction of sp³-hybridized carbons (Fsp3) is 0.632. The molecule has 2 aliphatic heterocycles. The molecule has 2 N–H and O–H groups in total. The zero-order valence-corrected chi connectivity index (χ0v) is 16.9. The van der Waals surface area contributed by atoms with E-state index >= 15 is 0 Å². The lowest BCUT2D eigenvalue weighted by Crippen LogP contribution is -2.43. The Hall–Kier alpha value is -0.820. The molecule has 0 aliphatic carbocycles. The minimum absolute atomic E-state index is 0. The molecule has 4 nitrogen and oxygen atoms in total. The van der Waals surface area contributed by atoms with Gasteiger partial charge in [-0.25, -0.2) is 0 Å². The summed E-state index contributed by atoms with van der Waals surface area (Å²) in [5.41, 5.74) is 7.51. The Morgan fingerprint density at radius 3 is 2.79 bits per heavy atom. The second kappa shape index (κ2) is 9.61. The van der Waals surface area contributed by atoms with Gasteiger partial charge in [-0.3, -0.25) is 4.99 Å². The summed E-state index contributed by atoms with van der Waals surface area (Å²) in [5, 5.41) is 0. The van der Waals surface area contributed by atoms with Crippen molar-refractivity contribution in [3.05, 3.63) is 35.9 Å². The van der Waals surface area contributed by atoms with Gasteiger partial charge in [-0.1, -0.05) is 37.3 Å². The van der Waals surface area contributed by atoms with Crippen LogP contribution in [-0.4, -0.2) is 37.1 Å². The summed E-state index contributed by atoms with van der Waals surface area (Å²) in [6, 6.07) is 10.5. The van der Waals surface area contributed by atoms with E-state index in [0.717, 1.165) is 39.1 Å². The first-order chi connectivity index (χ1) is 11.2. The van der Waals surface area contributed by atoms with Crippen molar-refractivity contribution in [2.24, 2.45) is 22.6 Å². The summed E-state index contributed by atoms with van der Waals surface area (Å²) in [6.07, 6.45) is 4.95. The van der Waals surface area contributed by atoms with Crippen LogP contribution in [0.1, 0.15) is 44.3 Å². The summed E-state index contributed by atoms with van der Waals surface area (Å²) in [4.78, 5) is 6.97. The third-order valence-electron chi connectivity index (χ3n) is 5.04.